The number of aromatic nitrogens is 6. The average Bonchev–Trinajstić information content (AvgIpc) is 3.36. The van der Waals surface area contributed by atoms with E-state index in [2.05, 4.69) is 19.9 Å². The second kappa shape index (κ2) is 7.26. The normalized spacial score (nSPS) is 12.2. The maximum Gasteiger partial charge on any atom is 0.416 e. The molecule has 0 saturated heterocycles. The maximum atomic E-state index is 14.4. The Morgan fingerprint density at radius 2 is 1.94 bits per heavy atom. The van der Waals surface area contributed by atoms with Crippen LogP contribution in [0.2, 0.25) is 0 Å². The van der Waals surface area contributed by atoms with Crippen molar-refractivity contribution in [1.29, 1.82) is 0 Å². The molecule has 0 fully saturated rings. The van der Waals surface area contributed by atoms with Gasteiger partial charge in [0.05, 0.1) is 24.0 Å². The van der Waals surface area contributed by atoms with Gasteiger partial charge in [-0.05, 0) is 31.2 Å². The minimum absolute atomic E-state index is 0.144. The first kappa shape index (κ1) is 20.9. The summed E-state index contributed by atoms with van der Waals surface area (Å²) in [5.41, 5.74) is 0.772. The first-order valence-corrected chi connectivity index (χ1v) is 9.86. The van der Waals surface area contributed by atoms with E-state index in [0.29, 0.717) is 39.7 Å². The molecule has 1 aromatic carbocycles. The number of H-pyrrole nitrogens is 1. The fraction of sp³-hybridized carbons (Fsp3) is 0.182. The van der Waals surface area contributed by atoms with Gasteiger partial charge in [0, 0.05) is 36.0 Å². The molecule has 0 radical (unpaired) electrons. The molecule has 5 rings (SSSR count). The Morgan fingerprint density at radius 1 is 1.15 bits per heavy atom. The number of nitrogens with zero attached hydrogens (tertiary/aromatic N) is 5. The monoisotopic (exact) mass is 456 g/mol. The molecular weight excluding hydrogens is 440 g/mol. The zero-order valence-electron chi connectivity index (χ0n) is 17.4. The van der Waals surface area contributed by atoms with Gasteiger partial charge in [-0.25, -0.2) is 19.3 Å². The molecule has 0 spiro atoms. The lowest BCUT2D eigenvalue weighted by molar-refractivity contribution is -0.137. The fourth-order valence-corrected chi connectivity index (χ4v) is 3.83. The summed E-state index contributed by atoms with van der Waals surface area (Å²) in [6, 6.07) is 4.04. The fourth-order valence-electron chi connectivity index (χ4n) is 3.83. The number of fused-ring (bicyclic) bond motifs is 2. The Labute approximate surface area is 183 Å². The average molecular weight is 456 g/mol. The molecule has 0 atom stereocenters. The number of nitrogens with one attached hydrogen (secondary N) is 1. The van der Waals surface area contributed by atoms with E-state index in [1.54, 1.807) is 32.4 Å². The third-order valence-corrected chi connectivity index (χ3v) is 5.52. The van der Waals surface area contributed by atoms with Crippen molar-refractivity contribution in [3.63, 3.8) is 0 Å². The van der Waals surface area contributed by atoms with E-state index in [9.17, 15) is 22.4 Å². The van der Waals surface area contributed by atoms with Crippen molar-refractivity contribution in [2.24, 2.45) is 7.05 Å². The van der Waals surface area contributed by atoms with Crippen LogP contribution in [0.1, 0.15) is 17.0 Å². The lowest BCUT2D eigenvalue weighted by atomic mass is 10.1. The second-order valence-electron chi connectivity index (χ2n) is 7.68. The van der Waals surface area contributed by atoms with Crippen LogP contribution in [0.15, 0.2) is 47.7 Å². The first-order chi connectivity index (χ1) is 15.6. The molecule has 0 aliphatic rings. The largest absolute Gasteiger partial charge is 0.416 e. The maximum absolute atomic E-state index is 14.4. The highest BCUT2D eigenvalue weighted by Crippen LogP contribution is 2.31. The Balaban J connectivity index is 1.66. The zero-order chi connectivity index (χ0) is 23.5. The lowest BCUT2D eigenvalue weighted by Crippen LogP contribution is -2.16. The van der Waals surface area contributed by atoms with Crippen LogP contribution < -0.4 is 5.56 Å². The van der Waals surface area contributed by atoms with Crippen molar-refractivity contribution in [2.45, 2.75) is 19.6 Å². The quantitative estimate of drug-likeness (QED) is 0.413. The van der Waals surface area contributed by atoms with Gasteiger partial charge in [-0.3, -0.25) is 4.79 Å². The van der Waals surface area contributed by atoms with Crippen LogP contribution >= 0.6 is 0 Å². The van der Waals surface area contributed by atoms with Gasteiger partial charge in [-0.2, -0.15) is 13.2 Å². The van der Waals surface area contributed by atoms with Crippen molar-refractivity contribution in [3.8, 4) is 11.3 Å². The van der Waals surface area contributed by atoms with E-state index in [-0.39, 0.29) is 23.3 Å². The minimum atomic E-state index is -4.59. The molecule has 0 amide bonds. The Morgan fingerprint density at radius 3 is 2.70 bits per heavy atom. The number of benzene rings is 1. The number of hydrogen-bond donors (Lipinski definition) is 1. The number of pyridine rings is 1. The molecule has 1 N–H and O–H groups in total. The van der Waals surface area contributed by atoms with Gasteiger partial charge in [0.25, 0.3) is 5.56 Å². The van der Waals surface area contributed by atoms with Crippen LogP contribution in [0.4, 0.5) is 17.6 Å². The molecule has 4 heterocycles. The van der Waals surface area contributed by atoms with Crippen LogP contribution in [-0.2, 0) is 19.8 Å². The van der Waals surface area contributed by atoms with Crippen molar-refractivity contribution >= 4 is 22.2 Å². The summed E-state index contributed by atoms with van der Waals surface area (Å²) in [6.07, 6.45) is 0.198. The Hall–Kier alpha value is -4.02. The summed E-state index contributed by atoms with van der Waals surface area (Å²) in [4.78, 5) is 28.5. The Kier molecular flexibility index (Phi) is 4.59. The summed E-state index contributed by atoms with van der Waals surface area (Å²) in [7, 11) is 1.61. The number of alkyl halides is 3. The summed E-state index contributed by atoms with van der Waals surface area (Å²) >= 11 is 0. The second-order valence-corrected chi connectivity index (χ2v) is 7.68. The number of halogens is 4. The molecule has 5 aromatic rings. The zero-order valence-corrected chi connectivity index (χ0v) is 17.4. The van der Waals surface area contributed by atoms with Crippen LogP contribution in [-0.4, -0.2) is 29.1 Å². The molecule has 7 nitrogen and oxygen atoms in total. The summed E-state index contributed by atoms with van der Waals surface area (Å²) in [6.45, 7) is 1.44. The molecule has 0 saturated carbocycles. The molecular formula is C22H16F4N6O. The highest BCUT2D eigenvalue weighted by molar-refractivity contribution is 5.93. The van der Waals surface area contributed by atoms with Crippen LogP contribution in [0.25, 0.3) is 33.5 Å². The Bertz CT molecular complexity index is 1590. The van der Waals surface area contributed by atoms with Gasteiger partial charge in [0.2, 0.25) is 0 Å². The van der Waals surface area contributed by atoms with Crippen LogP contribution in [0.5, 0.6) is 0 Å². The van der Waals surface area contributed by atoms with Gasteiger partial charge >= 0.3 is 6.18 Å². The van der Waals surface area contributed by atoms with Crippen molar-refractivity contribution < 1.29 is 17.6 Å². The van der Waals surface area contributed by atoms with E-state index in [4.69, 9.17) is 0 Å². The highest BCUT2D eigenvalue weighted by Gasteiger charge is 2.31. The van der Waals surface area contributed by atoms with E-state index in [1.807, 2.05) is 0 Å². The smallest absolute Gasteiger partial charge is 0.357 e. The van der Waals surface area contributed by atoms with E-state index < -0.39 is 17.6 Å². The minimum Gasteiger partial charge on any atom is -0.357 e. The van der Waals surface area contributed by atoms with E-state index in [0.717, 1.165) is 12.1 Å². The molecule has 0 aliphatic carbocycles. The molecule has 33 heavy (non-hydrogen) atoms. The van der Waals surface area contributed by atoms with Gasteiger partial charge in [0.1, 0.15) is 17.2 Å². The highest BCUT2D eigenvalue weighted by atomic mass is 19.4. The van der Waals surface area contributed by atoms with Crippen molar-refractivity contribution in [1.82, 2.24) is 29.1 Å². The molecule has 0 bridgehead atoms. The SMILES string of the molecule is Cc1nc2ncc(-c3cn(C)c(=O)c4[nH]ccc34)nc2n1Cc1cc(C(F)(F)F)ccc1F. The molecule has 0 aliphatic heterocycles. The lowest BCUT2D eigenvalue weighted by Gasteiger charge is -2.12. The summed E-state index contributed by atoms with van der Waals surface area (Å²) < 4.78 is 56.7. The predicted molar refractivity (Wildman–Crippen MR) is 113 cm³/mol. The van der Waals surface area contributed by atoms with Gasteiger partial charge in [-0.1, -0.05) is 0 Å². The first-order valence-electron chi connectivity index (χ1n) is 9.86. The van der Waals surface area contributed by atoms with Gasteiger partial charge in [-0.15, -0.1) is 0 Å². The topological polar surface area (TPSA) is 81.4 Å². The third-order valence-electron chi connectivity index (χ3n) is 5.52. The third kappa shape index (κ3) is 3.45. The number of aryl methyl sites for hydroxylation is 2. The molecule has 168 valence electrons. The standard InChI is InChI=1S/C22H16F4N6O/c1-11-29-19-20(32(11)9-12-7-13(22(24,25)26)3-4-16(12)23)30-17(8-28-19)15-10-31(2)21(33)18-14(15)5-6-27-18/h3-8,10,27H,9H2,1-2H3. The van der Waals surface area contributed by atoms with Crippen LogP contribution in [0, 0.1) is 12.7 Å². The van der Waals surface area contributed by atoms with Crippen molar-refractivity contribution in [2.75, 3.05) is 0 Å². The van der Waals surface area contributed by atoms with E-state index in [1.165, 1.54) is 15.3 Å². The number of rotatable bonds is 3. The molecule has 4 aromatic heterocycles. The summed E-state index contributed by atoms with van der Waals surface area (Å²) in [5, 5.41) is 0.651. The van der Waals surface area contributed by atoms with Gasteiger partial charge < -0.3 is 14.1 Å². The molecule has 11 heteroatoms. The molecule has 0 unspecified atom stereocenters. The van der Waals surface area contributed by atoms with E-state index >= 15 is 0 Å². The number of imidazole rings is 1. The van der Waals surface area contributed by atoms with Crippen LogP contribution in [0.3, 0.4) is 0 Å². The van der Waals surface area contributed by atoms with Gasteiger partial charge in [0.15, 0.2) is 11.3 Å². The predicted octanol–water partition coefficient (Wildman–Crippen LogP) is 4.19. The number of hydrogen-bond acceptors (Lipinski definition) is 4. The van der Waals surface area contributed by atoms with Crippen molar-refractivity contribution in [3.05, 3.63) is 76.0 Å². The number of aromatic amines is 1. The summed E-state index contributed by atoms with van der Waals surface area (Å²) in [5.74, 6) is -0.341.